The van der Waals surface area contributed by atoms with Gasteiger partial charge in [-0.3, -0.25) is 0 Å². The van der Waals surface area contributed by atoms with E-state index in [1.165, 1.54) is 0 Å². The van der Waals surface area contributed by atoms with Crippen molar-refractivity contribution in [2.24, 2.45) is 5.41 Å². The van der Waals surface area contributed by atoms with E-state index in [0.717, 1.165) is 33.4 Å². The zero-order valence-electron chi connectivity index (χ0n) is 47.0. The van der Waals surface area contributed by atoms with Crippen LogP contribution in [0.1, 0.15) is 226 Å². The molecule has 8 nitrogen and oxygen atoms in total. The van der Waals surface area contributed by atoms with Crippen LogP contribution in [0.2, 0.25) is 0 Å². The molecule has 4 N–H and O–H groups in total. The number of esters is 2. The number of phenols is 4. The summed E-state index contributed by atoms with van der Waals surface area (Å²) in [4.78, 5) is 30.0. The molecule has 8 heteroatoms. The Morgan fingerprint density at radius 3 is 0.841 bits per heavy atom. The predicted octanol–water partition coefficient (Wildman–Crippen LogP) is 14.8. The van der Waals surface area contributed by atoms with Gasteiger partial charge in [-0.15, -0.1) is 0 Å². The average Bonchev–Trinajstić information content (AvgIpc) is 3.17. The number of benzene rings is 4. The maximum Gasteiger partial charge on any atom is 0.338 e. The lowest BCUT2D eigenvalue weighted by Crippen LogP contribution is -2.50. The van der Waals surface area contributed by atoms with Gasteiger partial charge in [-0.2, -0.15) is 0 Å². The SMILES string of the molecule is Cc1cc(C(C)(C)C)c(O)c(C)c1CC(Cc1c(C)cc(C(C)(C)C)c(O)c1C)(C(C)OC(=O)c1cc(C(C)(C)C)c(O)c(C(C)(C)C)c1)C(C)OC(=O)c1cc(C(C)(C)C)c(O)c(C(C)(C)C)c1. The summed E-state index contributed by atoms with van der Waals surface area (Å²) in [5, 5.41) is 47.2. The molecule has 0 aliphatic carbocycles. The molecule has 380 valence electrons. The van der Waals surface area contributed by atoms with Crippen LogP contribution < -0.4 is 0 Å². The minimum absolute atomic E-state index is 0.141. The Kier molecular flexibility index (Phi) is 15.6. The Morgan fingerprint density at radius 2 is 0.623 bits per heavy atom. The van der Waals surface area contributed by atoms with Gasteiger partial charge < -0.3 is 29.9 Å². The van der Waals surface area contributed by atoms with E-state index in [4.69, 9.17) is 9.47 Å². The lowest BCUT2D eigenvalue weighted by molar-refractivity contribution is -0.0768. The van der Waals surface area contributed by atoms with Gasteiger partial charge in [-0.1, -0.05) is 137 Å². The van der Waals surface area contributed by atoms with Crippen LogP contribution in [-0.2, 0) is 54.8 Å². The Hall–Kier alpha value is -4.98. The number of rotatable bonds is 10. The lowest BCUT2D eigenvalue weighted by Gasteiger charge is -2.44. The third-order valence-electron chi connectivity index (χ3n) is 14.5. The molecule has 0 spiro atoms. The molecular formula is C61H88O8. The van der Waals surface area contributed by atoms with Gasteiger partial charge in [-0.25, -0.2) is 9.59 Å². The molecular weight excluding hydrogens is 861 g/mol. The molecule has 0 bridgehead atoms. The van der Waals surface area contributed by atoms with E-state index < -0.39 is 51.2 Å². The molecule has 2 atom stereocenters. The maximum atomic E-state index is 15.0. The molecule has 0 radical (unpaired) electrons. The van der Waals surface area contributed by atoms with Crippen LogP contribution in [0, 0.1) is 33.1 Å². The van der Waals surface area contributed by atoms with Crippen molar-refractivity contribution < 1.29 is 39.5 Å². The fourth-order valence-corrected chi connectivity index (χ4v) is 9.82. The topological polar surface area (TPSA) is 134 Å². The minimum Gasteiger partial charge on any atom is -0.507 e. The van der Waals surface area contributed by atoms with Crippen molar-refractivity contribution in [3.63, 3.8) is 0 Å². The average molecular weight is 949 g/mol. The fourth-order valence-electron chi connectivity index (χ4n) is 9.82. The molecule has 0 saturated heterocycles. The maximum absolute atomic E-state index is 15.0. The number of ether oxygens (including phenoxy) is 2. The summed E-state index contributed by atoms with van der Waals surface area (Å²) in [6.07, 6.45) is -1.56. The zero-order chi connectivity index (χ0) is 53.3. The normalized spacial score (nSPS) is 14.1. The molecule has 0 amide bonds. The van der Waals surface area contributed by atoms with E-state index >= 15 is 9.59 Å². The van der Waals surface area contributed by atoms with Crippen LogP contribution >= 0.6 is 0 Å². The van der Waals surface area contributed by atoms with Crippen molar-refractivity contribution in [2.75, 3.05) is 0 Å². The van der Waals surface area contributed by atoms with E-state index in [2.05, 4.69) is 41.5 Å². The molecule has 69 heavy (non-hydrogen) atoms. The van der Waals surface area contributed by atoms with Crippen LogP contribution in [0.15, 0.2) is 36.4 Å². The molecule has 4 rings (SSSR count). The molecule has 4 aromatic carbocycles. The van der Waals surface area contributed by atoms with Crippen LogP contribution in [0.4, 0.5) is 0 Å². The first-order valence-electron chi connectivity index (χ1n) is 24.8. The van der Waals surface area contributed by atoms with Gasteiger partial charge in [0, 0.05) is 22.3 Å². The number of carbonyl (C=O) groups excluding carboxylic acids is 2. The summed E-state index contributed by atoms with van der Waals surface area (Å²) >= 11 is 0. The summed E-state index contributed by atoms with van der Waals surface area (Å²) in [5.41, 5.74) is 5.38. The first-order valence-corrected chi connectivity index (χ1v) is 24.8. The van der Waals surface area contributed by atoms with Crippen molar-refractivity contribution in [1.82, 2.24) is 0 Å². The van der Waals surface area contributed by atoms with Crippen LogP contribution in [0.3, 0.4) is 0 Å². The van der Waals surface area contributed by atoms with Crippen molar-refractivity contribution in [3.8, 4) is 23.0 Å². The van der Waals surface area contributed by atoms with E-state index in [1.807, 2.05) is 137 Å². The van der Waals surface area contributed by atoms with Crippen LogP contribution in [0.5, 0.6) is 23.0 Å². The van der Waals surface area contributed by atoms with Crippen LogP contribution in [-0.4, -0.2) is 44.6 Å². The van der Waals surface area contributed by atoms with Crippen molar-refractivity contribution in [3.05, 3.63) is 114 Å². The molecule has 0 aliphatic rings. The summed E-state index contributed by atoms with van der Waals surface area (Å²) in [5.74, 6) is -0.587. The highest BCUT2D eigenvalue weighted by Gasteiger charge is 2.48. The number of hydrogen-bond acceptors (Lipinski definition) is 8. The number of aryl methyl sites for hydroxylation is 2. The first-order chi connectivity index (χ1) is 31.0. The number of hydrogen-bond donors (Lipinski definition) is 4. The summed E-state index contributed by atoms with van der Waals surface area (Å²) in [7, 11) is 0. The van der Waals surface area contributed by atoms with Gasteiger partial charge in [0.1, 0.15) is 35.2 Å². The fraction of sp³-hybridized carbons (Fsp3) is 0.574. The van der Waals surface area contributed by atoms with Gasteiger partial charge in [-0.05, 0) is 156 Å². The largest absolute Gasteiger partial charge is 0.507 e. The van der Waals surface area contributed by atoms with Crippen molar-refractivity contribution in [2.45, 2.75) is 224 Å². The summed E-state index contributed by atoms with van der Waals surface area (Å²) in [6, 6.07) is 10.9. The standard InChI is InChI=1S/C61H88O8/c1-33-25-43(55(7,8)9)49(62)35(3)41(33)31-61(32-42-34(2)26-44(56(10,11)12)50(63)36(42)4,37(5)68-53(66)39-27-45(57(13,14)15)51(64)46(28-39)58(16,17)18)38(6)69-54(67)40-29-47(59(19,20)21)52(65)48(30-40)60(22,23)24/h25-30,37-38,62-65H,31-32H2,1-24H3. The third kappa shape index (κ3) is 11.8. The molecule has 0 saturated carbocycles. The number of carbonyl (C=O) groups is 2. The second-order valence-electron chi connectivity index (χ2n) is 26.4. The Morgan fingerprint density at radius 1 is 0.406 bits per heavy atom. The van der Waals surface area contributed by atoms with Gasteiger partial charge in [0.05, 0.1) is 16.5 Å². The Bertz CT molecular complexity index is 2350. The summed E-state index contributed by atoms with van der Waals surface area (Å²) in [6.45, 7) is 47.8. The molecule has 0 aliphatic heterocycles. The monoisotopic (exact) mass is 949 g/mol. The second kappa shape index (κ2) is 19.0. The Balaban J connectivity index is 2.15. The molecule has 4 aromatic rings. The summed E-state index contributed by atoms with van der Waals surface area (Å²) < 4.78 is 13.6. The lowest BCUT2D eigenvalue weighted by atomic mass is 9.66. The van der Waals surface area contributed by atoms with Gasteiger partial charge in [0.25, 0.3) is 0 Å². The number of aromatic hydroxyl groups is 4. The molecule has 0 aromatic heterocycles. The highest BCUT2D eigenvalue weighted by atomic mass is 16.6. The van der Waals surface area contributed by atoms with Gasteiger partial charge >= 0.3 is 11.9 Å². The molecule has 2 unspecified atom stereocenters. The highest BCUT2D eigenvalue weighted by molar-refractivity contribution is 5.91. The highest BCUT2D eigenvalue weighted by Crippen LogP contribution is 2.48. The van der Waals surface area contributed by atoms with E-state index in [9.17, 15) is 20.4 Å². The Labute approximate surface area is 416 Å². The van der Waals surface area contributed by atoms with Gasteiger partial charge in [0.15, 0.2) is 0 Å². The zero-order valence-corrected chi connectivity index (χ0v) is 47.0. The molecule has 0 heterocycles. The predicted molar refractivity (Wildman–Crippen MR) is 283 cm³/mol. The van der Waals surface area contributed by atoms with Crippen molar-refractivity contribution in [1.29, 1.82) is 0 Å². The quantitative estimate of drug-likeness (QED) is 0.116. The van der Waals surface area contributed by atoms with E-state index in [-0.39, 0.29) is 57.8 Å². The third-order valence-corrected chi connectivity index (χ3v) is 14.5. The van der Waals surface area contributed by atoms with Crippen LogP contribution in [0.25, 0.3) is 0 Å². The molecule has 0 fully saturated rings. The van der Waals surface area contributed by atoms with E-state index in [1.54, 1.807) is 24.3 Å². The smallest absolute Gasteiger partial charge is 0.338 e. The first kappa shape index (κ1) is 56.6. The second-order valence-corrected chi connectivity index (χ2v) is 26.4. The van der Waals surface area contributed by atoms with Gasteiger partial charge in [0.2, 0.25) is 0 Å². The minimum atomic E-state index is -1.25. The van der Waals surface area contributed by atoms with Crippen molar-refractivity contribution >= 4 is 11.9 Å². The number of phenolic OH excluding ortho intramolecular Hbond substituents is 4. The van der Waals surface area contributed by atoms with E-state index in [0.29, 0.717) is 33.4 Å².